The molecule has 27 heavy (non-hydrogen) atoms. The first-order chi connectivity index (χ1) is 13.0. The summed E-state index contributed by atoms with van der Waals surface area (Å²) in [4.78, 5) is 28.8. The minimum atomic E-state index is -0.420. The zero-order valence-corrected chi connectivity index (χ0v) is 17.5. The van der Waals surface area contributed by atoms with E-state index >= 15 is 0 Å². The Hall–Kier alpha value is -1.54. The van der Waals surface area contributed by atoms with E-state index in [1.807, 2.05) is 36.4 Å². The molecule has 3 atom stereocenters. The van der Waals surface area contributed by atoms with Crippen LogP contribution in [0.3, 0.4) is 0 Å². The fraction of sp³-hybridized carbons (Fsp3) is 0.158. The Morgan fingerprint density at radius 2 is 1.89 bits per heavy atom. The van der Waals surface area contributed by atoms with E-state index in [0.717, 1.165) is 25.5 Å². The molecule has 0 saturated heterocycles. The SMILES string of the molecule is O=C1Oc2ccc(Br)cc2[C@H]2c3sc(=O)[nH]c3S[C@H](c3ccc(Cl)cc3)[C@H]12. The highest BCUT2D eigenvalue weighted by Gasteiger charge is 2.49. The third-order valence-electron chi connectivity index (χ3n) is 4.84. The normalized spacial score (nSPS) is 23.2. The van der Waals surface area contributed by atoms with Crippen LogP contribution >= 0.6 is 50.6 Å². The average Bonchev–Trinajstić information content (AvgIpc) is 3.02. The van der Waals surface area contributed by atoms with Gasteiger partial charge >= 0.3 is 10.8 Å². The minimum absolute atomic E-state index is 0.113. The number of carbonyl (C=O) groups excluding carboxylic acids is 1. The molecule has 2 aromatic carbocycles. The van der Waals surface area contributed by atoms with E-state index in [2.05, 4.69) is 20.9 Å². The maximum Gasteiger partial charge on any atom is 0.316 e. The number of H-pyrrole nitrogens is 1. The molecule has 4 nitrogen and oxygen atoms in total. The van der Waals surface area contributed by atoms with E-state index in [1.54, 1.807) is 6.07 Å². The van der Waals surface area contributed by atoms with Crippen LogP contribution in [0.25, 0.3) is 0 Å². The van der Waals surface area contributed by atoms with Gasteiger partial charge in [0.1, 0.15) is 5.75 Å². The monoisotopic (exact) mass is 479 g/mol. The molecule has 3 heterocycles. The summed E-state index contributed by atoms with van der Waals surface area (Å²) in [7, 11) is 0. The van der Waals surface area contributed by atoms with Gasteiger partial charge in [0.15, 0.2) is 0 Å². The Balaban J connectivity index is 1.74. The van der Waals surface area contributed by atoms with Crippen molar-refractivity contribution in [2.24, 2.45) is 5.92 Å². The standard InChI is InChI=1S/C19H11BrClNO3S2/c20-9-3-6-12-11(7-9)13-14(18(23)25-12)15(8-1-4-10(21)5-2-8)26-17-16(13)27-19(24)22-17/h1-7,13-15H,(H,22,24)/t13-,14-,15-/m1/s1. The molecule has 8 heteroatoms. The fourth-order valence-electron chi connectivity index (χ4n) is 3.71. The van der Waals surface area contributed by atoms with Crippen LogP contribution in [0, 0.1) is 5.92 Å². The van der Waals surface area contributed by atoms with Gasteiger partial charge in [-0.1, -0.05) is 62.8 Å². The number of esters is 1. The van der Waals surface area contributed by atoms with E-state index < -0.39 is 5.92 Å². The van der Waals surface area contributed by atoms with Crippen molar-refractivity contribution < 1.29 is 9.53 Å². The molecule has 1 N–H and O–H groups in total. The first-order valence-corrected chi connectivity index (χ1v) is 11.0. The second-order valence-corrected chi connectivity index (χ2v) is 9.92. The van der Waals surface area contributed by atoms with E-state index in [4.69, 9.17) is 16.3 Å². The number of hydrogen-bond acceptors (Lipinski definition) is 5. The van der Waals surface area contributed by atoms with Gasteiger partial charge in [-0.05, 0) is 35.9 Å². The quantitative estimate of drug-likeness (QED) is 0.376. The molecule has 0 spiro atoms. The van der Waals surface area contributed by atoms with Crippen LogP contribution in [0.15, 0.2) is 56.8 Å². The lowest BCUT2D eigenvalue weighted by Crippen LogP contribution is -2.37. The van der Waals surface area contributed by atoms with E-state index in [-0.39, 0.29) is 22.0 Å². The summed E-state index contributed by atoms with van der Waals surface area (Å²) in [5.74, 6) is -0.358. The van der Waals surface area contributed by atoms with Crippen LogP contribution in [0.1, 0.15) is 27.2 Å². The van der Waals surface area contributed by atoms with Crippen molar-refractivity contribution in [1.29, 1.82) is 0 Å². The highest BCUT2D eigenvalue weighted by Crippen LogP contribution is 2.58. The van der Waals surface area contributed by atoms with Crippen LogP contribution in [0.5, 0.6) is 5.75 Å². The molecule has 0 unspecified atom stereocenters. The largest absolute Gasteiger partial charge is 0.426 e. The number of halogens is 2. The number of aromatic nitrogens is 1. The lowest BCUT2D eigenvalue weighted by molar-refractivity contribution is -0.140. The van der Waals surface area contributed by atoms with Crippen molar-refractivity contribution in [3.8, 4) is 5.75 Å². The maximum atomic E-state index is 13.0. The molecule has 2 aliphatic rings. The second kappa shape index (κ2) is 6.51. The Kier molecular flexibility index (Phi) is 4.23. The van der Waals surface area contributed by atoms with Gasteiger partial charge in [0.05, 0.1) is 16.2 Å². The molecule has 0 bridgehead atoms. The number of benzene rings is 2. The highest BCUT2D eigenvalue weighted by molar-refractivity contribution is 9.10. The number of aromatic amines is 1. The second-order valence-electron chi connectivity index (χ2n) is 6.40. The molecule has 0 radical (unpaired) electrons. The predicted molar refractivity (Wildman–Crippen MR) is 110 cm³/mol. The van der Waals surface area contributed by atoms with Gasteiger partial charge in [-0.15, -0.1) is 0 Å². The maximum absolute atomic E-state index is 13.0. The highest BCUT2D eigenvalue weighted by atomic mass is 79.9. The summed E-state index contributed by atoms with van der Waals surface area (Å²) in [5, 5.41) is 1.29. The van der Waals surface area contributed by atoms with Crippen LogP contribution in [0.4, 0.5) is 0 Å². The van der Waals surface area contributed by atoms with Crippen molar-refractivity contribution in [1.82, 2.24) is 4.98 Å². The number of rotatable bonds is 1. The number of nitrogens with one attached hydrogen (secondary N) is 1. The molecule has 3 aromatic rings. The number of carbonyl (C=O) groups is 1. The summed E-state index contributed by atoms with van der Waals surface area (Å²) in [6.07, 6.45) is 0. The Labute approximate surface area is 176 Å². The molecule has 0 amide bonds. The van der Waals surface area contributed by atoms with E-state index in [9.17, 15) is 9.59 Å². The van der Waals surface area contributed by atoms with E-state index in [1.165, 1.54) is 23.1 Å². The predicted octanol–water partition coefficient (Wildman–Crippen LogP) is 5.37. The number of hydrogen-bond donors (Lipinski definition) is 1. The molecule has 1 aromatic heterocycles. The van der Waals surface area contributed by atoms with Crippen molar-refractivity contribution in [3.05, 3.63) is 77.6 Å². The van der Waals surface area contributed by atoms with Gasteiger partial charge in [-0.2, -0.15) is 0 Å². The van der Waals surface area contributed by atoms with Gasteiger partial charge in [-0.3, -0.25) is 9.59 Å². The number of fused-ring (bicyclic) bond motifs is 5. The van der Waals surface area contributed by atoms with Crippen molar-refractivity contribution in [3.63, 3.8) is 0 Å². The average molecular weight is 481 g/mol. The fourth-order valence-corrected chi connectivity index (χ4v) is 6.80. The molecular weight excluding hydrogens is 470 g/mol. The molecule has 2 aliphatic heterocycles. The summed E-state index contributed by atoms with van der Waals surface area (Å²) in [6.45, 7) is 0. The van der Waals surface area contributed by atoms with Crippen molar-refractivity contribution in [2.45, 2.75) is 16.2 Å². The summed E-state index contributed by atoms with van der Waals surface area (Å²) < 4.78 is 6.58. The minimum Gasteiger partial charge on any atom is -0.426 e. The lowest BCUT2D eigenvalue weighted by atomic mass is 9.78. The Morgan fingerprint density at radius 3 is 2.67 bits per heavy atom. The van der Waals surface area contributed by atoms with E-state index in [0.29, 0.717) is 10.8 Å². The van der Waals surface area contributed by atoms with Crippen LogP contribution < -0.4 is 9.61 Å². The molecule has 0 aliphatic carbocycles. The van der Waals surface area contributed by atoms with Gasteiger partial charge in [0.25, 0.3) is 0 Å². The zero-order valence-electron chi connectivity index (χ0n) is 13.6. The first-order valence-electron chi connectivity index (χ1n) is 8.17. The van der Waals surface area contributed by atoms with Crippen molar-refractivity contribution in [2.75, 3.05) is 0 Å². The third kappa shape index (κ3) is 2.88. The van der Waals surface area contributed by atoms with Gasteiger partial charge < -0.3 is 9.72 Å². The number of thioether (sulfide) groups is 1. The number of ether oxygens (including phenoxy) is 1. The summed E-state index contributed by atoms with van der Waals surface area (Å²) >= 11 is 12.2. The first kappa shape index (κ1) is 17.6. The number of thiazole rings is 1. The zero-order chi connectivity index (χ0) is 18.7. The molecule has 0 saturated carbocycles. The smallest absolute Gasteiger partial charge is 0.316 e. The molecule has 136 valence electrons. The van der Waals surface area contributed by atoms with Crippen LogP contribution in [-0.2, 0) is 4.79 Å². The molecule has 0 fully saturated rings. The Bertz CT molecular complexity index is 1120. The third-order valence-corrected chi connectivity index (χ3v) is 8.06. The van der Waals surface area contributed by atoms with Gasteiger partial charge in [0, 0.05) is 25.9 Å². The van der Waals surface area contributed by atoms with Crippen LogP contribution in [0.2, 0.25) is 5.02 Å². The Morgan fingerprint density at radius 1 is 1.11 bits per heavy atom. The summed E-state index contributed by atoms with van der Waals surface area (Å²) in [5.41, 5.74) is 1.90. The summed E-state index contributed by atoms with van der Waals surface area (Å²) in [6, 6.07) is 13.1. The van der Waals surface area contributed by atoms with Crippen LogP contribution in [-0.4, -0.2) is 11.0 Å². The topological polar surface area (TPSA) is 59.2 Å². The van der Waals surface area contributed by atoms with Crippen molar-refractivity contribution >= 4 is 56.6 Å². The molecule has 5 rings (SSSR count). The van der Waals surface area contributed by atoms with Gasteiger partial charge in [-0.25, -0.2) is 0 Å². The lowest BCUT2D eigenvalue weighted by Gasteiger charge is -2.39. The van der Waals surface area contributed by atoms with Gasteiger partial charge in [0.2, 0.25) is 0 Å². The molecular formula is C19H11BrClNO3S2.